The van der Waals surface area contributed by atoms with Crippen molar-refractivity contribution in [3.8, 4) is 0 Å². The van der Waals surface area contributed by atoms with Crippen molar-refractivity contribution >= 4 is 59.3 Å². The number of fused-ring (bicyclic) bond motifs is 3. The fourth-order valence-corrected chi connectivity index (χ4v) is 9.58. The maximum absolute atomic E-state index is 16.5. The van der Waals surface area contributed by atoms with Crippen LogP contribution >= 0.6 is 41.7 Å². The molecule has 2 saturated heterocycles. The van der Waals surface area contributed by atoms with Crippen molar-refractivity contribution in [1.29, 1.82) is 0 Å². The molecule has 0 bridgehead atoms. The fourth-order valence-electron chi connectivity index (χ4n) is 8.60. The Labute approximate surface area is 287 Å². The van der Waals surface area contributed by atoms with Crippen molar-refractivity contribution in [1.82, 2.24) is 15.2 Å². The molecular formula is C32H41Cl2FN4O6P2. The van der Waals surface area contributed by atoms with E-state index >= 15 is 4.39 Å². The Kier molecular flexibility index (Phi) is 9.75. The molecule has 256 valence electrons. The summed E-state index contributed by atoms with van der Waals surface area (Å²) in [6.07, 6.45) is 0.579. The molecule has 47 heavy (non-hydrogen) atoms. The second-order valence-electron chi connectivity index (χ2n) is 14.0. The van der Waals surface area contributed by atoms with Crippen LogP contribution in [0.2, 0.25) is 10.2 Å². The lowest BCUT2D eigenvalue weighted by atomic mass is 9.53. The second-order valence-corrected chi connectivity index (χ2v) is 16.2. The Morgan fingerprint density at radius 2 is 1.91 bits per heavy atom. The molecule has 2 spiro atoms. The van der Waals surface area contributed by atoms with Gasteiger partial charge in [-0.25, -0.2) is 9.37 Å². The first kappa shape index (κ1) is 35.3. The molecule has 5 N–H and O–H groups in total. The Morgan fingerprint density at radius 3 is 2.55 bits per heavy atom. The maximum Gasteiger partial charge on any atom is 0.238 e. The largest absolute Gasteiger partial charge is 0.394 e. The third kappa shape index (κ3) is 5.62. The zero-order valence-corrected chi connectivity index (χ0v) is 29.9. The minimum Gasteiger partial charge on any atom is -0.394 e. The highest BCUT2D eigenvalue weighted by atomic mass is 35.5. The van der Waals surface area contributed by atoms with Crippen LogP contribution < -0.4 is 10.6 Å². The highest BCUT2D eigenvalue weighted by Gasteiger charge is 2.77. The van der Waals surface area contributed by atoms with Gasteiger partial charge in [-0.05, 0) is 55.2 Å². The number of nitrogens with zero attached hydrogens (tertiary/aromatic N) is 2. The lowest BCUT2D eigenvalue weighted by Gasteiger charge is -2.55. The van der Waals surface area contributed by atoms with Gasteiger partial charge in [-0.2, -0.15) is 0 Å². The molecule has 1 aliphatic carbocycles. The number of halogens is 3. The molecule has 3 aliphatic heterocycles. The Morgan fingerprint density at radius 1 is 1.21 bits per heavy atom. The van der Waals surface area contributed by atoms with E-state index in [1.165, 1.54) is 6.07 Å². The summed E-state index contributed by atoms with van der Waals surface area (Å²) in [5.41, 5.74) is -2.18. The van der Waals surface area contributed by atoms with Gasteiger partial charge in [0, 0.05) is 17.0 Å². The molecule has 2 aromatic rings. The lowest BCUT2D eigenvalue weighted by Crippen LogP contribution is -2.65. The van der Waals surface area contributed by atoms with Gasteiger partial charge in [-0.15, -0.1) is 18.5 Å². The van der Waals surface area contributed by atoms with Gasteiger partial charge < -0.3 is 30.7 Å². The van der Waals surface area contributed by atoms with E-state index in [9.17, 15) is 24.9 Å². The lowest BCUT2D eigenvalue weighted by molar-refractivity contribution is -0.136. The van der Waals surface area contributed by atoms with Crippen LogP contribution in [0.1, 0.15) is 63.0 Å². The van der Waals surface area contributed by atoms with Gasteiger partial charge >= 0.3 is 0 Å². The standard InChI is InChI=1S/C32H41Cl2FN4O6P2/c1-30(2)8-10-31(11-9-30)32(17-6-7-21(34)37-25(17)38-29(32)44)22(16-4-3-5-18(33)23(16)35)24(39(31)27(46)28(43)47)26(42)36-15-12-19(41)20(13-40)45-14-15/h3-7,15,19-20,22,24,27-28,40-41,43H,8-14,46-47H2,1-2H3,(H,36,42)(H,37,38,44)/t15-,19+,20-,22+,24-,27-,28+,32?/m1/s1. The second kappa shape index (κ2) is 13.0. The molecule has 1 aromatic heterocycles. The number of hydrogen-bond donors (Lipinski definition) is 5. The smallest absolute Gasteiger partial charge is 0.238 e. The Balaban J connectivity index is 1.62. The number of aliphatic hydroxyl groups excluding tert-OH is 3. The molecule has 6 rings (SSSR count). The molecule has 10 nitrogen and oxygen atoms in total. The molecule has 3 fully saturated rings. The molecule has 15 heteroatoms. The number of pyridine rings is 1. The Hall–Kier alpha value is -1.52. The van der Waals surface area contributed by atoms with Crippen molar-refractivity contribution < 1.29 is 34.0 Å². The van der Waals surface area contributed by atoms with Crippen molar-refractivity contribution in [3.63, 3.8) is 0 Å². The summed E-state index contributed by atoms with van der Waals surface area (Å²) in [5.74, 6) is -4.45. The van der Waals surface area contributed by atoms with E-state index in [1.807, 2.05) is 4.90 Å². The molecule has 10 atom stereocenters. The molecule has 2 amide bonds. The van der Waals surface area contributed by atoms with E-state index in [0.29, 0.717) is 31.2 Å². The molecule has 3 unspecified atom stereocenters. The number of ether oxygens (including phenoxy) is 1. The molecule has 1 saturated carbocycles. The average Bonchev–Trinajstić information content (AvgIpc) is 3.44. The number of carbonyl (C=O) groups excluding carboxylic acids is 2. The van der Waals surface area contributed by atoms with Crippen LogP contribution in [0.25, 0.3) is 0 Å². The first-order chi connectivity index (χ1) is 22.2. The van der Waals surface area contributed by atoms with Crippen LogP contribution in [0.15, 0.2) is 30.3 Å². The number of likely N-dealkylation sites (tertiary alicyclic amines) is 1. The van der Waals surface area contributed by atoms with Crippen molar-refractivity contribution in [2.24, 2.45) is 5.41 Å². The van der Waals surface area contributed by atoms with Gasteiger partial charge in [-0.1, -0.05) is 55.2 Å². The van der Waals surface area contributed by atoms with Crippen LogP contribution in [0.4, 0.5) is 10.2 Å². The van der Waals surface area contributed by atoms with Gasteiger partial charge in [0.25, 0.3) is 0 Å². The van der Waals surface area contributed by atoms with E-state index in [4.69, 9.17) is 27.9 Å². The van der Waals surface area contributed by atoms with E-state index in [-0.39, 0.29) is 46.6 Å². The van der Waals surface area contributed by atoms with Gasteiger partial charge in [0.1, 0.15) is 28.3 Å². The first-order valence-electron chi connectivity index (χ1n) is 15.8. The number of amides is 2. The maximum atomic E-state index is 16.5. The van der Waals surface area contributed by atoms with Crippen LogP contribution in [0, 0.1) is 11.2 Å². The zero-order chi connectivity index (χ0) is 34.1. The summed E-state index contributed by atoms with van der Waals surface area (Å²) >= 11 is 12.7. The number of hydrogen-bond acceptors (Lipinski definition) is 8. The summed E-state index contributed by atoms with van der Waals surface area (Å²) < 4.78 is 22.1. The van der Waals surface area contributed by atoms with Crippen LogP contribution in [-0.4, -0.2) is 91.7 Å². The topological polar surface area (TPSA) is 144 Å². The van der Waals surface area contributed by atoms with Crippen LogP contribution in [0.5, 0.6) is 0 Å². The van der Waals surface area contributed by atoms with E-state index in [2.05, 4.69) is 47.9 Å². The predicted octanol–water partition coefficient (Wildman–Crippen LogP) is 3.55. The molecule has 0 radical (unpaired) electrons. The number of aliphatic hydroxyl groups is 3. The van der Waals surface area contributed by atoms with E-state index in [0.717, 1.165) is 0 Å². The SMILES string of the molecule is CC1(C)CCC2(CC1)N([C@H](P)[C@@H](O)P)[C@@H](C(=O)N[C@H]1CO[C@H](CO)[C@@H](O)C1)[C@H](c1cccc(Cl)c1F)C21C(=O)Nc2nc(Cl)ccc21. The molecule has 4 heterocycles. The highest BCUT2D eigenvalue weighted by Crippen LogP contribution is 2.68. The van der Waals surface area contributed by atoms with Gasteiger partial charge in [-0.3, -0.25) is 14.5 Å². The zero-order valence-electron chi connectivity index (χ0n) is 26.1. The van der Waals surface area contributed by atoms with Gasteiger partial charge in [0.15, 0.2) is 0 Å². The molecular weight excluding hydrogens is 688 g/mol. The van der Waals surface area contributed by atoms with Crippen LogP contribution in [0.3, 0.4) is 0 Å². The minimum atomic E-state index is -1.57. The highest BCUT2D eigenvalue weighted by molar-refractivity contribution is 7.22. The Bertz CT molecular complexity index is 1560. The number of rotatable bonds is 6. The normalized spacial score (nSPS) is 32.6. The monoisotopic (exact) mass is 728 g/mol. The summed E-state index contributed by atoms with van der Waals surface area (Å²) in [5, 5.41) is 37.3. The van der Waals surface area contributed by atoms with Gasteiger partial charge in [0.2, 0.25) is 11.8 Å². The molecule has 1 aromatic carbocycles. The average molecular weight is 730 g/mol. The number of benzene rings is 1. The summed E-state index contributed by atoms with van der Waals surface area (Å²) in [4.78, 5) is 36.2. The number of nitrogens with one attached hydrogen (secondary N) is 2. The van der Waals surface area contributed by atoms with Crippen molar-refractivity contribution in [3.05, 3.63) is 57.5 Å². The third-order valence-corrected chi connectivity index (χ3v) is 12.9. The van der Waals surface area contributed by atoms with Crippen molar-refractivity contribution in [2.75, 3.05) is 18.5 Å². The third-order valence-electron chi connectivity index (χ3n) is 10.9. The number of aromatic nitrogens is 1. The number of carbonyl (C=O) groups is 2. The summed E-state index contributed by atoms with van der Waals surface area (Å²) in [7, 11) is 5.03. The van der Waals surface area contributed by atoms with E-state index in [1.54, 1.807) is 24.3 Å². The predicted molar refractivity (Wildman–Crippen MR) is 183 cm³/mol. The van der Waals surface area contributed by atoms with Gasteiger partial charge in [0.05, 0.1) is 48.1 Å². The van der Waals surface area contributed by atoms with Crippen molar-refractivity contribution in [2.45, 2.75) is 98.7 Å². The first-order valence-corrected chi connectivity index (χ1v) is 17.9. The summed E-state index contributed by atoms with van der Waals surface area (Å²) in [6.45, 7) is 3.97. The molecule has 4 aliphatic rings. The fraction of sp³-hybridized carbons (Fsp3) is 0.594. The summed E-state index contributed by atoms with van der Waals surface area (Å²) in [6, 6.07) is 6.04. The minimum absolute atomic E-state index is 0.0315. The van der Waals surface area contributed by atoms with Crippen LogP contribution in [-0.2, 0) is 19.7 Å². The number of anilines is 1. The van der Waals surface area contributed by atoms with E-state index < -0.39 is 70.4 Å². The quantitative estimate of drug-likeness (QED) is 0.225.